The number of amides is 1. The van der Waals surface area contributed by atoms with Crippen molar-refractivity contribution in [2.45, 2.75) is 25.8 Å². The van der Waals surface area contributed by atoms with Gasteiger partial charge in [-0.15, -0.1) is 0 Å². The van der Waals surface area contributed by atoms with Gasteiger partial charge in [-0.3, -0.25) is 14.9 Å². The normalized spacial score (nSPS) is 13.5. The Labute approximate surface area is 127 Å². The Kier molecular flexibility index (Phi) is 5.92. The van der Waals surface area contributed by atoms with Crippen molar-refractivity contribution in [2.75, 3.05) is 13.2 Å². The zero-order chi connectivity index (χ0) is 16.0. The molecule has 0 radical (unpaired) electrons. The molecule has 0 aliphatic carbocycles. The molecule has 0 saturated heterocycles. The molecule has 1 amide bonds. The van der Waals surface area contributed by atoms with Crippen LogP contribution in [0.1, 0.15) is 20.3 Å². The van der Waals surface area contributed by atoms with E-state index in [-0.39, 0.29) is 23.1 Å². The van der Waals surface area contributed by atoms with Gasteiger partial charge in [0.15, 0.2) is 0 Å². The van der Waals surface area contributed by atoms with E-state index in [1.807, 2.05) is 6.92 Å². The van der Waals surface area contributed by atoms with Crippen molar-refractivity contribution in [3.05, 3.63) is 33.3 Å². The standard InChI is InChI=1S/C13H18ClN3O4/c1-3-16-13(2,12(15)18)6-7-21-11-8-9(17(19)20)4-5-10(11)14/h4-5,8,16H,3,6-7H2,1-2H3,(H2,15,18). The molecular weight excluding hydrogens is 298 g/mol. The van der Waals surface area contributed by atoms with Gasteiger partial charge in [0.05, 0.1) is 28.2 Å². The van der Waals surface area contributed by atoms with Crippen molar-refractivity contribution in [1.29, 1.82) is 0 Å². The van der Waals surface area contributed by atoms with Gasteiger partial charge in [0.25, 0.3) is 5.69 Å². The summed E-state index contributed by atoms with van der Waals surface area (Å²) in [6, 6.07) is 3.94. The molecule has 0 heterocycles. The molecule has 0 aliphatic heterocycles. The summed E-state index contributed by atoms with van der Waals surface area (Å²) in [5, 5.41) is 14.0. The number of halogens is 1. The van der Waals surface area contributed by atoms with Gasteiger partial charge in [-0.05, 0) is 19.5 Å². The quantitative estimate of drug-likeness (QED) is 0.562. The van der Waals surface area contributed by atoms with Crippen LogP contribution in [0.25, 0.3) is 0 Å². The molecule has 1 rings (SSSR count). The second kappa shape index (κ2) is 7.24. The van der Waals surface area contributed by atoms with Gasteiger partial charge in [-0.25, -0.2) is 0 Å². The molecule has 0 saturated carbocycles. The number of non-ortho nitro benzene ring substituents is 1. The highest BCUT2D eigenvalue weighted by Crippen LogP contribution is 2.29. The second-order valence-electron chi connectivity index (χ2n) is 4.70. The van der Waals surface area contributed by atoms with E-state index in [4.69, 9.17) is 22.1 Å². The van der Waals surface area contributed by atoms with E-state index >= 15 is 0 Å². The number of hydrogen-bond donors (Lipinski definition) is 2. The molecule has 8 heteroatoms. The van der Waals surface area contributed by atoms with Crippen LogP contribution in [0.3, 0.4) is 0 Å². The molecule has 1 aromatic rings. The Morgan fingerprint density at radius 1 is 1.57 bits per heavy atom. The SMILES string of the molecule is CCNC(C)(CCOc1cc([N+](=O)[O-])ccc1Cl)C(N)=O. The number of nitro groups is 1. The number of primary amides is 1. The van der Waals surface area contributed by atoms with E-state index in [1.165, 1.54) is 18.2 Å². The first-order valence-corrected chi connectivity index (χ1v) is 6.79. The van der Waals surface area contributed by atoms with Gasteiger partial charge in [0, 0.05) is 12.5 Å². The molecule has 7 nitrogen and oxygen atoms in total. The van der Waals surface area contributed by atoms with Crippen LogP contribution in [-0.2, 0) is 4.79 Å². The van der Waals surface area contributed by atoms with Gasteiger partial charge in [0.2, 0.25) is 5.91 Å². The summed E-state index contributed by atoms with van der Waals surface area (Å²) in [4.78, 5) is 21.6. The minimum Gasteiger partial charge on any atom is -0.492 e. The third kappa shape index (κ3) is 4.57. The highest BCUT2D eigenvalue weighted by molar-refractivity contribution is 6.32. The highest BCUT2D eigenvalue weighted by atomic mass is 35.5. The topological polar surface area (TPSA) is 107 Å². The number of hydrogen-bond acceptors (Lipinski definition) is 5. The highest BCUT2D eigenvalue weighted by Gasteiger charge is 2.29. The second-order valence-corrected chi connectivity index (χ2v) is 5.10. The van der Waals surface area contributed by atoms with Gasteiger partial charge in [0.1, 0.15) is 5.75 Å². The van der Waals surface area contributed by atoms with Gasteiger partial charge >= 0.3 is 0 Å². The Bertz CT molecular complexity index is 538. The lowest BCUT2D eigenvalue weighted by molar-refractivity contribution is -0.384. The number of carbonyl (C=O) groups is 1. The maximum Gasteiger partial charge on any atom is 0.273 e. The number of likely N-dealkylation sites (N-methyl/N-ethyl adjacent to an activating group) is 1. The maximum absolute atomic E-state index is 11.5. The summed E-state index contributed by atoms with van der Waals surface area (Å²) < 4.78 is 5.44. The molecule has 0 fully saturated rings. The fourth-order valence-corrected chi connectivity index (χ4v) is 1.94. The number of carbonyl (C=O) groups excluding carboxylic acids is 1. The van der Waals surface area contributed by atoms with E-state index < -0.39 is 16.4 Å². The number of benzene rings is 1. The third-order valence-electron chi connectivity index (χ3n) is 3.10. The number of ether oxygens (including phenoxy) is 1. The molecule has 1 atom stereocenters. The lowest BCUT2D eigenvalue weighted by Gasteiger charge is -2.26. The summed E-state index contributed by atoms with van der Waals surface area (Å²) >= 11 is 5.92. The van der Waals surface area contributed by atoms with Crippen LogP contribution in [-0.4, -0.2) is 29.5 Å². The first kappa shape index (κ1) is 17.2. The molecule has 1 aromatic carbocycles. The van der Waals surface area contributed by atoms with Gasteiger partial charge < -0.3 is 15.8 Å². The molecule has 0 aliphatic rings. The smallest absolute Gasteiger partial charge is 0.273 e. The third-order valence-corrected chi connectivity index (χ3v) is 3.41. The van der Waals surface area contributed by atoms with Gasteiger partial charge in [-0.1, -0.05) is 18.5 Å². The molecule has 3 N–H and O–H groups in total. The Morgan fingerprint density at radius 2 is 2.24 bits per heavy atom. The number of rotatable bonds is 8. The molecule has 0 bridgehead atoms. The van der Waals surface area contributed by atoms with Crippen LogP contribution >= 0.6 is 11.6 Å². The van der Waals surface area contributed by atoms with Crippen molar-refractivity contribution in [1.82, 2.24) is 5.32 Å². The largest absolute Gasteiger partial charge is 0.492 e. The zero-order valence-electron chi connectivity index (χ0n) is 11.9. The van der Waals surface area contributed by atoms with E-state index in [2.05, 4.69) is 5.32 Å². The van der Waals surface area contributed by atoms with Crippen LogP contribution in [0.15, 0.2) is 18.2 Å². The van der Waals surface area contributed by atoms with Crippen molar-refractivity contribution >= 4 is 23.2 Å². The first-order chi connectivity index (χ1) is 9.80. The molecule has 116 valence electrons. The Morgan fingerprint density at radius 3 is 2.76 bits per heavy atom. The molecule has 1 unspecified atom stereocenters. The van der Waals surface area contributed by atoms with Crippen molar-refractivity contribution in [3.8, 4) is 5.75 Å². The summed E-state index contributed by atoms with van der Waals surface area (Å²) in [5.41, 5.74) is 4.34. The monoisotopic (exact) mass is 315 g/mol. The molecule has 21 heavy (non-hydrogen) atoms. The lowest BCUT2D eigenvalue weighted by Crippen LogP contribution is -2.53. The van der Waals surface area contributed by atoms with Crippen LogP contribution in [0.2, 0.25) is 5.02 Å². The Hall–Kier alpha value is -1.86. The molecule has 0 spiro atoms. The van der Waals surface area contributed by atoms with E-state index in [9.17, 15) is 14.9 Å². The predicted molar refractivity (Wildman–Crippen MR) is 79.5 cm³/mol. The fraction of sp³-hybridized carbons (Fsp3) is 0.462. The van der Waals surface area contributed by atoms with Crippen LogP contribution in [0, 0.1) is 10.1 Å². The minimum absolute atomic E-state index is 0.112. The van der Waals surface area contributed by atoms with E-state index in [0.717, 1.165) is 0 Å². The summed E-state index contributed by atoms with van der Waals surface area (Å²) in [7, 11) is 0. The minimum atomic E-state index is -0.901. The van der Waals surface area contributed by atoms with Crippen LogP contribution in [0.5, 0.6) is 5.75 Å². The maximum atomic E-state index is 11.5. The number of nitrogens with zero attached hydrogens (tertiary/aromatic N) is 1. The summed E-state index contributed by atoms with van der Waals surface area (Å²) in [5.74, 6) is -0.285. The Balaban J connectivity index is 2.73. The lowest BCUT2D eigenvalue weighted by atomic mass is 9.97. The van der Waals surface area contributed by atoms with Crippen LogP contribution < -0.4 is 15.8 Å². The van der Waals surface area contributed by atoms with E-state index in [1.54, 1.807) is 6.92 Å². The van der Waals surface area contributed by atoms with Gasteiger partial charge in [-0.2, -0.15) is 0 Å². The number of nitro benzene ring substituents is 1. The summed E-state index contributed by atoms with van der Waals surface area (Å²) in [6.45, 7) is 4.26. The average Bonchev–Trinajstić information content (AvgIpc) is 2.40. The number of nitrogens with one attached hydrogen (secondary N) is 1. The number of nitrogens with two attached hydrogens (primary N) is 1. The van der Waals surface area contributed by atoms with Crippen molar-refractivity contribution in [2.24, 2.45) is 5.73 Å². The van der Waals surface area contributed by atoms with Crippen LogP contribution in [0.4, 0.5) is 5.69 Å². The average molecular weight is 316 g/mol. The first-order valence-electron chi connectivity index (χ1n) is 6.42. The summed E-state index contributed by atoms with van der Waals surface area (Å²) in [6.07, 6.45) is 0.315. The van der Waals surface area contributed by atoms with Crippen molar-refractivity contribution in [3.63, 3.8) is 0 Å². The zero-order valence-corrected chi connectivity index (χ0v) is 12.6. The van der Waals surface area contributed by atoms with Crippen molar-refractivity contribution < 1.29 is 14.5 Å². The predicted octanol–water partition coefficient (Wildman–Crippen LogP) is 1.87. The molecular formula is C13H18ClN3O4. The molecule has 0 aromatic heterocycles. The van der Waals surface area contributed by atoms with E-state index in [0.29, 0.717) is 13.0 Å². The fourth-order valence-electron chi connectivity index (χ4n) is 1.77.